The van der Waals surface area contributed by atoms with Gasteiger partial charge in [0.1, 0.15) is 5.60 Å². The third-order valence-electron chi connectivity index (χ3n) is 5.96. The molecule has 4 rings (SSSR count). The van der Waals surface area contributed by atoms with Gasteiger partial charge in [-0.1, -0.05) is 12.1 Å². The summed E-state index contributed by atoms with van der Waals surface area (Å²) in [5, 5.41) is 0. The second-order valence-corrected chi connectivity index (χ2v) is 9.76. The van der Waals surface area contributed by atoms with Gasteiger partial charge in [0.2, 0.25) is 0 Å². The van der Waals surface area contributed by atoms with Crippen molar-refractivity contribution in [1.82, 2.24) is 9.80 Å². The Morgan fingerprint density at radius 2 is 1.44 bits per heavy atom. The van der Waals surface area contributed by atoms with Gasteiger partial charge >= 0.3 is 6.09 Å². The van der Waals surface area contributed by atoms with E-state index in [-0.39, 0.29) is 17.0 Å². The Morgan fingerprint density at radius 3 is 2.09 bits per heavy atom. The number of aryl methyl sites for hydroxylation is 2. The van der Waals surface area contributed by atoms with Crippen LogP contribution in [0.4, 0.5) is 10.5 Å². The Labute approximate surface area is 199 Å². The number of ether oxygens (including phenoxy) is 1. The smallest absolute Gasteiger partial charge is 0.410 e. The van der Waals surface area contributed by atoms with Crippen molar-refractivity contribution in [2.75, 3.05) is 31.1 Å². The van der Waals surface area contributed by atoms with Crippen LogP contribution in [0.25, 0.3) is 0 Å². The fraction of sp³-hybridized carbons (Fsp3) is 0.385. The molecule has 8 nitrogen and oxygen atoms in total. The number of fused-ring (bicyclic) bond motifs is 1. The second kappa shape index (κ2) is 8.59. The molecule has 2 heterocycles. The maximum absolute atomic E-state index is 13.2. The van der Waals surface area contributed by atoms with Crippen molar-refractivity contribution in [3.63, 3.8) is 0 Å². The molecule has 2 aliphatic heterocycles. The molecule has 178 valence electrons. The Hall–Kier alpha value is -3.68. The van der Waals surface area contributed by atoms with E-state index in [0.717, 1.165) is 11.1 Å². The lowest BCUT2D eigenvalue weighted by Crippen LogP contribution is -2.51. The molecule has 4 amide bonds. The molecule has 1 fully saturated rings. The minimum Gasteiger partial charge on any atom is -0.444 e. The first-order chi connectivity index (χ1) is 16.0. The van der Waals surface area contributed by atoms with E-state index < -0.39 is 23.5 Å². The summed E-state index contributed by atoms with van der Waals surface area (Å²) in [5.41, 5.74) is 2.59. The van der Waals surface area contributed by atoms with Crippen LogP contribution < -0.4 is 4.90 Å². The Bertz CT molecular complexity index is 1190. The zero-order valence-electron chi connectivity index (χ0n) is 20.2. The lowest BCUT2D eigenvalue weighted by atomic mass is 10.0. The van der Waals surface area contributed by atoms with E-state index >= 15 is 0 Å². The van der Waals surface area contributed by atoms with E-state index in [1.54, 1.807) is 21.9 Å². The Kier molecular flexibility index (Phi) is 5.93. The van der Waals surface area contributed by atoms with Gasteiger partial charge in [0.05, 0.1) is 16.8 Å². The van der Waals surface area contributed by atoms with E-state index in [0.29, 0.717) is 37.4 Å². The first-order valence-corrected chi connectivity index (χ1v) is 11.3. The summed E-state index contributed by atoms with van der Waals surface area (Å²) in [6, 6.07) is 10.2. The molecule has 0 aliphatic carbocycles. The van der Waals surface area contributed by atoms with E-state index in [9.17, 15) is 19.2 Å². The largest absolute Gasteiger partial charge is 0.444 e. The average molecular weight is 464 g/mol. The first-order valence-electron chi connectivity index (χ1n) is 11.3. The van der Waals surface area contributed by atoms with Gasteiger partial charge in [-0.05, 0) is 70.0 Å². The Morgan fingerprint density at radius 1 is 0.824 bits per heavy atom. The van der Waals surface area contributed by atoms with Crippen LogP contribution in [0.5, 0.6) is 0 Å². The summed E-state index contributed by atoms with van der Waals surface area (Å²) < 4.78 is 5.40. The second-order valence-electron chi connectivity index (χ2n) is 9.76. The molecule has 0 unspecified atom stereocenters. The number of rotatable bonds is 2. The summed E-state index contributed by atoms with van der Waals surface area (Å²) in [6.45, 7) is 10.6. The quantitative estimate of drug-likeness (QED) is 0.633. The summed E-state index contributed by atoms with van der Waals surface area (Å²) >= 11 is 0. The number of carbonyl (C=O) groups excluding carboxylic acids is 4. The molecule has 8 heteroatoms. The highest BCUT2D eigenvalue weighted by molar-refractivity contribution is 6.35. The molecule has 0 bridgehead atoms. The monoisotopic (exact) mass is 463 g/mol. The van der Waals surface area contributed by atoms with E-state index in [2.05, 4.69) is 0 Å². The third kappa shape index (κ3) is 4.40. The molecule has 34 heavy (non-hydrogen) atoms. The molecule has 2 aromatic carbocycles. The number of carbonyl (C=O) groups is 4. The van der Waals surface area contributed by atoms with Gasteiger partial charge in [-0.2, -0.15) is 0 Å². The van der Waals surface area contributed by atoms with E-state index in [1.807, 2.05) is 52.8 Å². The van der Waals surface area contributed by atoms with E-state index in [4.69, 9.17) is 4.74 Å². The molecule has 0 radical (unpaired) electrons. The van der Waals surface area contributed by atoms with Crippen molar-refractivity contribution in [3.8, 4) is 0 Å². The lowest BCUT2D eigenvalue weighted by Gasteiger charge is -2.35. The Balaban J connectivity index is 1.50. The maximum atomic E-state index is 13.2. The minimum absolute atomic E-state index is 0.226. The number of piperazine rings is 1. The van der Waals surface area contributed by atoms with E-state index in [1.165, 1.54) is 11.0 Å². The number of imide groups is 1. The predicted octanol–water partition coefficient (Wildman–Crippen LogP) is 3.80. The number of hydrogen-bond donors (Lipinski definition) is 0. The average Bonchev–Trinajstić information content (AvgIpc) is 3.03. The number of amides is 4. The van der Waals surface area contributed by atoms with Crippen molar-refractivity contribution in [1.29, 1.82) is 0 Å². The fourth-order valence-electron chi connectivity index (χ4n) is 4.15. The lowest BCUT2D eigenvalue weighted by molar-refractivity contribution is 0.0141. The zero-order valence-corrected chi connectivity index (χ0v) is 20.2. The topological polar surface area (TPSA) is 87.2 Å². The van der Waals surface area contributed by atoms with Gasteiger partial charge in [-0.15, -0.1) is 0 Å². The predicted molar refractivity (Wildman–Crippen MR) is 127 cm³/mol. The number of benzene rings is 2. The van der Waals surface area contributed by atoms with Crippen molar-refractivity contribution in [3.05, 3.63) is 64.2 Å². The van der Waals surface area contributed by atoms with Crippen LogP contribution in [0.1, 0.15) is 63.0 Å². The van der Waals surface area contributed by atoms with Gasteiger partial charge in [0, 0.05) is 31.7 Å². The van der Waals surface area contributed by atoms with Gasteiger partial charge in [-0.3, -0.25) is 14.4 Å². The summed E-state index contributed by atoms with van der Waals surface area (Å²) in [6.07, 6.45) is -0.396. The van der Waals surface area contributed by atoms with Crippen LogP contribution in [-0.2, 0) is 4.74 Å². The molecule has 0 saturated carbocycles. The molecular formula is C26H29N3O5. The maximum Gasteiger partial charge on any atom is 0.410 e. The highest BCUT2D eigenvalue weighted by Gasteiger charge is 2.38. The number of nitrogens with zero attached hydrogens (tertiary/aromatic N) is 3. The molecule has 0 aromatic heterocycles. The number of hydrogen-bond acceptors (Lipinski definition) is 5. The molecular weight excluding hydrogens is 434 g/mol. The third-order valence-corrected chi connectivity index (χ3v) is 5.96. The molecule has 2 aromatic rings. The van der Waals surface area contributed by atoms with Crippen LogP contribution in [0.3, 0.4) is 0 Å². The molecule has 0 spiro atoms. The zero-order chi connectivity index (χ0) is 24.8. The summed E-state index contributed by atoms with van der Waals surface area (Å²) in [5.74, 6) is -1.06. The van der Waals surface area contributed by atoms with Crippen molar-refractivity contribution in [2.24, 2.45) is 0 Å². The van der Waals surface area contributed by atoms with Gasteiger partial charge in [0.15, 0.2) is 0 Å². The molecule has 1 saturated heterocycles. The molecule has 0 atom stereocenters. The highest BCUT2D eigenvalue weighted by Crippen LogP contribution is 2.32. The highest BCUT2D eigenvalue weighted by atomic mass is 16.6. The summed E-state index contributed by atoms with van der Waals surface area (Å²) in [4.78, 5) is 56.0. The van der Waals surface area contributed by atoms with Crippen LogP contribution >= 0.6 is 0 Å². The van der Waals surface area contributed by atoms with Crippen molar-refractivity contribution in [2.45, 2.75) is 40.2 Å². The number of anilines is 1. The summed E-state index contributed by atoms with van der Waals surface area (Å²) in [7, 11) is 0. The van der Waals surface area contributed by atoms with Gasteiger partial charge in [-0.25, -0.2) is 9.69 Å². The van der Waals surface area contributed by atoms with Crippen molar-refractivity contribution >= 4 is 29.5 Å². The van der Waals surface area contributed by atoms with Crippen molar-refractivity contribution < 1.29 is 23.9 Å². The van der Waals surface area contributed by atoms with Crippen LogP contribution in [0.15, 0.2) is 36.4 Å². The van der Waals surface area contributed by atoms with Gasteiger partial charge < -0.3 is 14.5 Å². The normalized spacial score (nSPS) is 16.1. The van der Waals surface area contributed by atoms with Gasteiger partial charge in [0.25, 0.3) is 17.7 Å². The molecule has 0 N–H and O–H groups in total. The first kappa shape index (κ1) is 23.5. The van der Waals surface area contributed by atoms with Crippen LogP contribution in [-0.4, -0.2) is 65.4 Å². The SMILES string of the molecule is Cc1ccc(C)c(N2C(=O)c3ccc(C(=O)N4CCN(C(=O)OC(C)(C)C)CC4)cc3C2=O)c1. The van der Waals surface area contributed by atoms with Crippen LogP contribution in [0.2, 0.25) is 0 Å². The molecule has 2 aliphatic rings. The fourth-order valence-corrected chi connectivity index (χ4v) is 4.15. The standard InChI is InChI=1S/C26H29N3O5/c1-16-6-7-17(2)21(14-16)29-23(31)19-9-8-18(15-20(19)24(29)32)22(30)27-10-12-28(13-11-27)25(33)34-26(3,4)5/h6-9,14-15H,10-13H2,1-5H3. The van der Waals surface area contributed by atoms with Crippen LogP contribution in [0, 0.1) is 13.8 Å². The minimum atomic E-state index is -0.580.